The number of pyridine rings is 1. The fourth-order valence-corrected chi connectivity index (χ4v) is 3.23. The number of nitriles is 1. The van der Waals surface area contributed by atoms with Crippen LogP contribution in [0.4, 0.5) is 0 Å². The van der Waals surface area contributed by atoms with Gasteiger partial charge in [-0.15, -0.1) is 0 Å². The van der Waals surface area contributed by atoms with Gasteiger partial charge in [-0.25, -0.2) is 17.7 Å². The van der Waals surface area contributed by atoms with E-state index in [4.69, 9.17) is 5.26 Å². The Hall–Kier alpha value is -1.94. The molecular formula is C11H11N3O3S. The molecule has 1 amide bonds. The van der Waals surface area contributed by atoms with Crippen molar-refractivity contribution in [2.75, 3.05) is 0 Å². The lowest BCUT2D eigenvalue weighted by atomic mass is 10.1. The van der Waals surface area contributed by atoms with Crippen LogP contribution in [0.2, 0.25) is 0 Å². The third kappa shape index (κ3) is 1.57. The maximum Gasteiger partial charge on any atom is 0.259 e. The number of amides is 1. The molecule has 0 aliphatic carbocycles. The minimum atomic E-state index is -3.59. The lowest BCUT2D eigenvalue weighted by molar-refractivity contribution is -0.132. The van der Waals surface area contributed by atoms with Crippen LogP contribution in [0, 0.1) is 11.3 Å². The Morgan fingerprint density at radius 2 is 2.17 bits per heavy atom. The smallest absolute Gasteiger partial charge is 0.259 e. The topological polar surface area (TPSA) is 91.1 Å². The molecule has 94 valence electrons. The highest BCUT2D eigenvalue weighted by atomic mass is 32.2. The van der Waals surface area contributed by atoms with Crippen molar-refractivity contribution in [3.05, 3.63) is 29.6 Å². The molecule has 1 saturated heterocycles. The van der Waals surface area contributed by atoms with E-state index in [-0.39, 0.29) is 12.2 Å². The minimum Gasteiger partial charge on any atom is -0.272 e. The summed E-state index contributed by atoms with van der Waals surface area (Å²) in [5.74, 6) is -0.433. The molecule has 0 aromatic carbocycles. The van der Waals surface area contributed by atoms with E-state index in [0.29, 0.717) is 5.56 Å². The molecule has 1 aliphatic rings. The lowest BCUT2D eigenvalue weighted by Gasteiger charge is -2.43. The summed E-state index contributed by atoms with van der Waals surface area (Å²) in [6, 6.07) is 4.91. The van der Waals surface area contributed by atoms with Crippen molar-refractivity contribution in [2.45, 2.75) is 25.1 Å². The number of nitrogens with zero attached hydrogens (tertiary/aromatic N) is 3. The first-order valence-corrected chi connectivity index (χ1v) is 6.66. The van der Waals surface area contributed by atoms with Crippen LogP contribution in [-0.2, 0) is 21.4 Å². The monoisotopic (exact) mass is 265 g/mol. The first-order valence-electron chi connectivity index (χ1n) is 5.22. The van der Waals surface area contributed by atoms with Gasteiger partial charge in [0.15, 0.2) is 4.75 Å². The van der Waals surface area contributed by atoms with Gasteiger partial charge in [0.25, 0.3) is 15.9 Å². The van der Waals surface area contributed by atoms with Crippen LogP contribution >= 0.6 is 0 Å². The molecular weight excluding hydrogens is 254 g/mol. The average Bonchev–Trinajstić information content (AvgIpc) is 2.35. The summed E-state index contributed by atoms with van der Waals surface area (Å²) in [4.78, 5) is 15.5. The molecule has 0 unspecified atom stereocenters. The molecule has 1 fully saturated rings. The molecule has 0 atom stereocenters. The van der Waals surface area contributed by atoms with Gasteiger partial charge >= 0.3 is 0 Å². The zero-order valence-electron chi connectivity index (χ0n) is 9.91. The van der Waals surface area contributed by atoms with E-state index in [9.17, 15) is 13.2 Å². The molecule has 1 aliphatic heterocycles. The molecule has 18 heavy (non-hydrogen) atoms. The molecule has 0 saturated carbocycles. The van der Waals surface area contributed by atoms with Crippen LogP contribution in [0.3, 0.4) is 0 Å². The molecule has 6 nitrogen and oxygen atoms in total. The van der Waals surface area contributed by atoms with Gasteiger partial charge in [0.05, 0.1) is 6.54 Å². The van der Waals surface area contributed by atoms with E-state index >= 15 is 0 Å². The summed E-state index contributed by atoms with van der Waals surface area (Å²) >= 11 is 0. The van der Waals surface area contributed by atoms with E-state index in [0.717, 1.165) is 4.31 Å². The van der Waals surface area contributed by atoms with Crippen molar-refractivity contribution in [1.29, 1.82) is 5.26 Å². The third-order valence-electron chi connectivity index (χ3n) is 2.94. The number of carbonyl (C=O) groups excluding carboxylic acids is 1. The summed E-state index contributed by atoms with van der Waals surface area (Å²) in [6.45, 7) is 2.71. The number of sulfonamides is 1. The van der Waals surface area contributed by atoms with Gasteiger partial charge in [-0.3, -0.25) is 4.79 Å². The third-order valence-corrected chi connectivity index (χ3v) is 5.28. The van der Waals surface area contributed by atoms with Crippen molar-refractivity contribution >= 4 is 15.9 Å². The fraction of sp³-hybridized carbons (Fsp3) is 0.364. The molecule has 0 bridgehead atoms. The fourth-order valence-electron chi connectivity index (χ4n) is 1.71. The average molecular weight is 265 g/mol. The molecule has 1 aromatic heterocycles. The second-order valence-electron chi connectivity index (χ2n) is 4.49. The summed E-state index contributed by atoms with van der Waals surface area (Å²) in [5, 5.41) is 8.69. The van der Waals surface area contributed by atoms with E-state index in [1.165, 1.54) is 26.1 Å². The molecule has 0 radical (unpaired) electrons. The van der Waals surface area contributed by atoms with Crippen LogP contribution in [-0.4, -0.2) is 28.4 Å². The zero-order valence-corrected chi connectivity index (χ0v) is 10.7. The van der Waals surface area contributed by atoms with Crippen LogP contribution in [0.15, 0.2) is 18.3 Å². The predicted molar refractivity (Wildman–Crippen MR) is 62.5 cm³/mol. The van der Waals surface area contributed by atoms with Crippen LogP contribution < -0.4 is 0 Å². The maximum absolute atomic E-state index is 11.9. The molecule has 7 heteroatoms. The second kappa shape index (κ2) is 3.78. The SMILES string of the molecule is CC1(C)C(=O)N(Cc2ccnc(C#N)c2)S1(=O)=O. The van der Waals surface area contributed by atoms with Gasteiger partial charge < -0.3 is 0 Å². The van der Waals surface area contributed by atoms with Gasteiger partial charge in [-0.1, -0.05) is 0 Å². The number of rotatable bonds is 2. The van der Waals surface area contributed by atoms with Gasteiger partial charge in [-0.2, -0.15) is 5.26 Å². The van der Waals surface area contributed by atoms with E-state index in [1.807, 2.05) is 6.07 Å². The minimum absolute atomic E-state index is 0.0538. The van der Waals surface area contributed by atoms with E-state index in [1.54, 1.807) is 6.07 Å². The summed E-state index contributed by atoms with van der Waals surface area (Å²) < 4.78 is 23.2. The predicted octanol–water partition coefficient (Wildman–Crippen LogP) is 0.404. The van der Waals surface area contributed by atoms with Crippen LogP contribution in [0.1, 0.15) is 25.1 Å². The van der Waals surface area contributed by atoms with Gasteiger partial charge in [0, 0.05) is 6.20 Å². The van der Waals surface area contributed by atoms with E-state index < -0.39 is 20.7 Å². The normalized spacial score (nSPS) is 20.1. The highest BCUT2D eigenvalue weighted by Crippen LogP contribution is 2.35. The Kier molecular flexibility index (Phi) is 2.63. The van der Waals surface area contributed by atoms with Gasteiger partial charge in [-0.05, 0) is 31.5 Å². The van der Waals surface area contributed by atoms with Crippen molar-refractivity contribution in [3.63, 3.8) is 0 Å². The first kappa shape index (κ1) is 12.5. The van der Waals surface area contributed by atoms with E-state index in [2.05, 4.69) is 4.98 Å². The number of hydrogen-bond acceptors (Lipinski definition) is 5. The Morgan fingerprint density at radius 1 is 1.50 bits per heavy atom. The quantitative estimate of drug-likeness (QED) is 0.772. The molecule has 0 N–H and O–H groups in total. The highest BCUT2D eigenvalue weighted by molar-refractivity contribution is 7.94. The standard InChI is InChI=1S/C11H11N3O3S/c1-11(2)10(15)14(18(11,16)17)7-8-3-4-13-9(5-8)6-12/h3-5H,7H2,1-2H3. The summed E-state index contributed by atoms with van der Waals surface area (Å²) in [6.07, 6.45) is 1.41. The Bertz CT molecular complexity index is 658. The number of aromatic nitrogens is 1. The van der Waals surface area contributed by atoms with Gasteiger partial charge in [0.1, 0.15) is 11.8 Å². The zero-order chi connectivity index (χ0) is 13.6. The summed E-state index contributed by atoms with van der Waals surface area (Å²) in [5.41, 5.74) is 0.756. The Morgan fingerprint density at radius 3 is 2.72 bits per heavy atom. The Labute approximate surface area is 105 Å². The van der Waals surface area contributed by atoms with Gasteiger partial charge in [0.2, 0.25) is 0 Å². The highest BCUT2D eigenvalue weighted by Gasteiger charge is 2.59. The van der Waals surface area contributed by atoms with Crippen LogP contribution in [0.25, 0.3) is 0 Å². The lowest BCUT2D eigenvalue weighted by Crippen LogP contribution is -2.66. The van der Waals surface area contributed by atoms with Crippen molar-refractivity contribution in [2.24, 2.45) is 0 Å². The molecule has 0 spiro atoms. The first-order chi connectivity index (χ1) is 8.30. The molecule has 1 aromatic rings. The Balaban J connectivity index is 2.27. The largest absolute Gasteiger partial charge is 0.272 e. The molecule has 2 heterocycles. The van der Waals surface area contributed by atoms with Crippen LogP contribution in [0.5, 0.6) is 0 Å². The maximum atomic E-state index is 11.9. The summed E-state index contributed by atoms with van der Waals surface area (Å²) in [7, 11) is -3.59. The van der Waals surface area contributed by atoms with Crippen molar-refractivity contribution in [1.82, 2.24) is 9.29 Å². The number of hydrogen-bond donors (Lipinski definition) is 0. The van der Waals surface area contributed by atoms with Crippen molar-refractivity contribution < 1.29 is 13.2 Å². The molecule has 2 rings (SSSR count). The second-order valence-corrected chi connectivity index (χ2v) is 6.90. The van der Waals surface area contributed by atoms with Crippen molar-refractivity contribution in [3.8, 4) is 6.07 Å². The number of carbonyl (C=O) groups is 1.